The van der Waals surface area contributed by atoms with Gasteiger partial charge in [-0.3, -0.25) is 0 Å². The molecule has 0 aliphatic rings. The summed E-state index contributed by atoms with van der Waals surface area (Å²) in [5.74, 6) is 0.723. The van der Waals surface area contributed by atoms with Gasteiger partial charge in [0.2, 0.25) is 0 Å². The van der Waals surface area contributed by atoms with Crippen molar-refractivity contribution in [1.82, 2.24) is 0 Å². The van der Waals surface area contributed by atoms with E-state index in [0.29, 0.717) is 0 Å². The highest BCUT2D eigenvalue weighted by Gasteiger charge is 2.01. The van der Waals surface area contributed by atoms with Crippen LogP contribution in [0.1, 0.15) is 12.5 Å². The van der Waals surface area contributed by atoms with Crippen LogP contribution in [0.2, 0.25) is 0 Å². The molecule has 2 aromatic carbocycles. The quantitative estimate of drug-likeness (QED) is 0.759. The zero-order chi connectivity index (χ0) is 11.5. The first kappa shape index (κ1) is 10.9. The Kier molecular flexibility index (Phi) is 3.09. The second-order valence-electron chi connectivity index (χ2n) is 4.10. The predicted molar refractivity (Wildman–Crippen MR) is 64.8 cm³/mol. The third-order valence-electron chi connectivity index (χ3n) is 2.45. The summed E-state index contributed by atoms with van der Waals surface area (Å²) >= 11 is 0. The van der Waals surface area contributed by atoms with Gasteiger partial charge in [0.25, 0.3) is 0 Å². The van der Waals surface area contributed by atoms with E-state index in [1.165, 1.54) is 17.9 Å². The third-order valence-corrected chi connectivity index (χ3v) is 2.45. The number of hydrogen-bond acceptors (Lipinski definition) is 1. The normalized spacial score (nSPS) is 12.7. The standard InChI is InChI=1S/C14H15FO/c1-10-3-4-13-8-14(16-9-11(2)15)6-5-12(13)7-10/h3-8,11H,9H2,1-2H3. The molecule has 0 N–H and O–H groups in total. The van der Waals surface area contributed by atoms with Gasteiger partial charge >= 0.3 is 0 Å². The minimum atomic E-state index is -0.936. The van der Waals surface area contributed by atoms with Crippen LogP contribution < -0.4 is 4.74 Å². The zero-order valence-electron chi connectivity index (χ0n) is 9.53. The van der Waals surface area contributed by atoms with E-state index in [2.05, 4.69) is 25.1 Å². The molecule has 2 aromatic rings. The maximum atomic E-state index is 12.6. The Balaban J connectivity index is 2.26. The molecule has 0 bridgehead atoms. The molecule has 0 amide bonds. The minimum absolute atomic E-state index is 0.109. The van der Waals surface area contributed by atoms with Crippen molar-refractivity contribution in [2.45, 2.75) is 20.0 Å². The Labute approximate surface area is 94.9 Å². The molecule has 0 saturated heterocycles. The average molecular weight is 218 g/mol. The molecule has 0 aromatic heterocycles. The molecular formula is C14H15FO. The molecule has 2 rings (SSSR count). The third kappa shape index (κ3) is 2.51. The maximum Gasteiger partial charge on any atom is 0.131 e. The SMILES string of the molecule is Cc1ccc2cc(OCC(C)F)ccc2c1. The Hall–Kier alpha value is -1.57. The van der Waals surface area contributed by atoms with Crippen molar-refractivity contribution in [2.75, 3.05) is 6.61 Å². The van der Waals surface area contributed by atoms with Gasteiger partial charge in [-0.15, -0.1) is 0 Å². The number of aryl methyl sites for hydroxylation is 1. The van der Waals surface area contributed by atoms with Gasteiger partial charge in [0.15, 0.2) is 0 Å². The topological polar surface area (TPSA) is 9.23 Å². The summed E-state index contributed by atoms with van der Waals surface area (Å²) in [6.07, 6.45) is -0.936. The summed E-state index contributed by atoms with van der Waals surface area (Å²) in [6.45, 7) is 3.66. The number of fused-ring (bicyclic) bond motifs is 1. The molecule has 0 aliphatic heterocycles. The monoisotopic (exact) mass is 218 g/mol. The van der Waals surface area contributed by atoms with E-state index in [0.717, 1.165) is 11.1 Å². The summed E-state index contributed by atoms with van der Waals surface area (Å²) in [5.41, 5.74) is 1.23. The lowest BCUT2D eigenvalue weighted by Gasteiger charge is -2.08. The van der Waals surface area contributed by atoms with Gasteiger partial charge in [-0.1, -0.05) is 29.8 Å². The van der Waals surface area contributed by atoms with Crippen LogP contribution in [0.3, 0.4) is 0 Å². The number of hydrogen-bond donors (Lipinski definition) is 0. The van der Waals surface area contributed by atoms with E-state index in [4.69, 9.17) is 4.74 Å². The largest absolute Gasteiger partial charge is 0.491 e. The van der Waals surface area contributed by atoms with Crippen LogP contribution in [-0.2, 0) is 0 Å². The van der Waals surface area contributed by atoms with Crippen molar-refractivity contribution >= 4 is 10.8 Å². The van der Waals surface area contributed by atoms with E-state index in [1.54, 1.807) is 0 Å². The molecule has 84 valence electrons. The van der Waals surface area contributed by atoms with Crippen LogP contribution in [0, 0.1) is 6.92 Å². The van der Waals surface area contributed by atoms with Crippen molar-refractivity contribution < 1.29 is 9.13 Å². The zero-order valence-corrected chi connectivity index (χ0v) is 9.53. The maximum absolute atomic E-state index is 12.6. The predicted octanol–water partition coefficient (Wildman–Crippen LogP) is 3.89. The molecular weight excluding hydrogens is 203 g/mol. The Bertz CT molecular complexity index is 491. The van der Waals surface area contributed by atoms with Gasteiger partial charge in [0.1, 0.15) is 18.5 Å². The number of halogens is 1. The van der Waals surface area contributed by atoms with E-state index in [1.807, 2.05) is 18.2 Å². The summed E-state index contributed by atoms with van der Waals surface area (Å²) in [4.78, 5) is 0. The van der Waals surface area contributed by atoms with Gasteiger partial charge in [0, 0.05) is 0 Å². The van der Waals surface area contributed by atoms with Gasteiger partial charge in [-0.25, -0.2) is 4.39 Å². The summed E-state index contributed by atoms with van der Waals surface area (Å²) in [7, 11) is 0. The fraction of sp³-hybridized carbons (Fsp3) is 0.286. The van der Waals surface area contributed by atoms with Crippen LogP contribution in [0.15, 0.2) is 36.4 Å². The molecule has 0 radical (unpaired) electrons. The second kappa shape index (κ2) is 4.52. The summed E-state index contributed by atoms with van der Waals surface area (Å²) in [6, 6.07) is 12.1. The number of rotatable bonds is 3. The molecule has 0 spiro atoms. The molecule has 16 heavy (non-hydrogen) atoms. The number of benzene rings is 2. The molecule has 0 fully saturated rings. The molecule has 0 aliphatic carbocycles. The van der Waals surface area contributed by atoms with E-state index in [-0.39, 0.29) is 6.61 Å². The molecule has 2 heteroatoms. The lowest BCUT2D eigenvalue weighted by molar-refractivity contribution is 0.210. The molecule has 1 nitrogen and oxygen atoms in total. The molecule has 1 atom stereocenters. The molecule has 1 unspecified atom stereocenters. The van der Waals surface area contributed by atoms with Crippen LogP contribution in [0.25, 0.3) is 10.8 Å². The summed E-state index contributed by atoms with van der Waals surface area (Å²) < 4.78 is 18.0. The number of ether oxygens (including phenoxy) is 1. The van der Waals surface area contributed by atoms with Crippen molar-refractivity contribution in [3.8, 4) is 5.75 Å². The van der Waals surface area contributed by atoms with Crippen LogP contribution in [0.4, 0.5) is 4.39 Å². The lowest BCUT2D eigenvalue weighted by atomic mass is 10.1. The Morgan fingerprint density at radius 2 is 1.81 bits per heavy atom. The molecule has 0 saturated carbocycles. The van der Waals surface area contributed by atoms with E-state index in [9.17, 15) is 4.39 Å². The smallest absolute Gasteiger partial charge is 0.131 e. The fourth-order valence-corrected chi connectivity index (χ4v) is 1.64. The van der Waals surface area contributed by atoms with Crippen molar-refractivity contribution in [3.63, 3.8) is 0 Å². The van der Waals surface area contributed by atoms with Crippen LogP contribution >= 0.6 is 0 Å². The highest BCUT2D eigenvalue weighted by atomic mass is 19.1. The fourth-order valence-electron chi connectivity index (χ4n) is 1.64. The van der Waals surface area contributed by atoms with Gasteiger partial charge in [0.05, 0.1) is 0 Å². The minimum Gasteiger partial charge on any atom is -0.491 e. The highest BCUT2D eigenvalue weighted by molar-refractivity contribution is 5.84. The van der Waals surface area contributed by atoms with E-state index < -0.39 is 6.17 Å². The van der Waals surface area contributed by atoms with Gasteiger partial charge in [-0.2, -0.15) is 0 Å². The molecule has 0 heterocycles. The van der Waals surface area contributed by atoms with Crippen molar-refractivity contribution in [1.29, 1.82) is 0 Å². The van der Waals surface area contributed by atoms with Crippen LogP contribution in [0.5, 0.6) is 5.75 Å². The Morgan fingerprint density at radius 1 is 1.12 bits per heavy atom. The average Bonchev–Trinajstić information content (AvgIpc) is 2.26. The van der Waals surface area contributed by atoms with E-state index >= 15 is 0 Å². The highest BCUT2D eigenvalue weighted by Crippen LogP contribution is 2.22. The van der Waals surface area contributed by atoms with Crippen molar-refractivity contribution in [2.24, 2.45) is 0 Å². The number of alkyl halides is 1. The van der Waals surface area contributed by atoms with Gasteiger partial charge < -0.3 is 4.74 Å². The first-order chi connectivity index (χ1) is 7.65. The Morgan fingerprint density at radius 3 is 2.56 bits per heavy atom. The second-order valence-corrected chi connectivity index (χ2v) is 4.10. The first-order valence-corrected chi connectivity index (χ1v) is 5.42. The first-order valence-electron chi connectivity index (χ1n) is 5.42. The summed E-state index contributed by atoms with van der Waals surface area (Å²) in [5, 5.41) is 2.30. The lowest BCUT2D eigenvalue weighted by Crippen LogP contribution is -2.08. The van der Waals surface area contributed by atoms with Crippen molar-refractivity contribution in [3.05, 3.63) is 42.0 Å². The van der Waals surface area contributed by atoms with Gasteiger partial charge in [-0.05, 0) is 36.8 Å². The van der Waals surface area contributed by atoms with Crippen LogP contribution in [-0.4, -0.2) is 12.8 Å².